The highest BCUT2D eigenvalue weighted by atomic mass is 16.7. The minimum atomic E-state index is 0.280. The summed E-state index contributed by atoms with van der Waals surface area (Å²) in [7, 11) is 0. The van der Waals surface area contributed by atoms with Gasteiger partial charge in [0.15, 0.2) is 0 Å². The number of hydrogen-bond acceptors (Lipinski definition) is 2. The van der Waals surface area contributed by atoms with Crippen molar-refractivity contribution in [1.29, 1.82) is 0 Å². The van der Waals surface area contributed by atoms with Gasteiger partial charge >= 0.3 is 0 Å². The average Bonchev–Trinajstić information content (AvgIpc) is 2.91. The summed E-state index contributed by atoms with van der Waals surface area (Å²) in [4.78, 5) is 17.6. The summed E-state index contributed by atoms with van der Waals surface area (Å²) in [6.45, 7) is 1.54. The number of amides is 1. The summed E-state index contributed by atoms with van der Waals surface area (Å²) >= 11 is 0. The molecule has 2 aliphatic carbocycles. The third-order valence-electron chi connectivity index (χ3n) is 4.30. The van der Waals surface area contributed by atoms with Crippen molar-refractivity contribution in [3.63, 3.8) is 0 Å². The molecule has 3 unspecified atom stereocenters. The van der Waals surface area contributed by atoms with E-state index in [2.05, 4.69) is 0 Å². The molecule has 0 radical (unpaired) electrons. The van der Waals surface area contributed by atoms with Crippen molar-refractivity contribution in [3.05, 3.63) is 0 Å². The van der Waals surface area contributed by atoms with Crippen LogP contribution in [0, 0.1) is 17.8 Å². The molecule has 3 heteroatoms. The van der Waals surface area contributed by atoms with Crippen molar-refractivity contribution in [2.45, 2.75) is 38.5 Å². The molecular formula is C12H19NO2. The highest BCUT2D eigenvalue weighted by molar-refractivity contribution is 5.78. The van der Waals surface area contributed by atoms with Crippen LogP contribution in [0.25, 0.3) is 0 Å². The van der Waals surface area contributed by atoms with Crippen LogP contribution < -0.4 is 0 Å². The Morgan fingerprint density at radius 1 is 1.20 bits per heavy atom. The van der Waals surface area contributed by atoms with Crippen LogP contribution in [0.1, 0.15) is 38.5 Å². The van der Waals surface area contributed by atoms with Crippen molar-refractivity contribution >= 4 is 5.91 Å². The molecule has 15 heavy (non-hydrogen) atoms. The molecule has 1 saturated heterocycles. The zero-order valence-electron chi connectivity index (χ0n) is 9.15. The van der Waals surface area contributed by atoms with E-state index < -0.39 is 0 Å². The predicted molar refractivity (Wildman–Crippen MR) is 55.8 cm³/mol. The minimum absolute atomic E-state index is 0.280. The summed E-state index contributed by atoms with van der Waals surface area (Å²) in [5.41, 5.74) is 0. The number of rotatable bonds is 1. The molecule has 3 rings (SSSR count). The Kier molecular flexibility index (Phi) is 2.43. The van der Waals surface area contributed by atoms with Crippen LogP contribution in [0.5, 0.6) is 0 Å². The van der Waals surface area contributed by atoms with Gasteiger partial charge in [-0.15, -0.1) is 0 Å². The van der Waals surface area contributed by atoms with Crippen LogP contribution in [0.15, 0.2) is 0 Å². The van der Waals surface area contributed by atoms with Gasteiger partial charge in [0, 0.05) is 12.5 Å². The second-order valence-corrected chi connectivity index (χ2v) is 5.26. The van der Waals surface area contributed by atoms with E-state index in [1.165, 1.54) is 19.3 Å². The van der Waals surface area contributed by atoms with Gasteiger partial charge in [-0.3, -0.25) is 9.63 Å². The first-order valence-corrected chi connectivity index (χ1v) is 6.29. The van der Waals surface area contributed by atoms with Crippen molar-refractivity contribution in [2.75, 3.05) is 13.2 Å². The van der Waals surface area contributed by atoms with Crippen LogP contribution in [0.2, 0.25) is 0 Å². The topological polar surface area (TPSA) is 29.5 Å². The maximum absolute atomic E-state index is 12.2. The lowest BCUT2D eigenvalue weighted by molar-refractivity contribution is -0.202. The largest absolute Gasteiger partial charge is 0.272 e. The summed E-state index contributed by atoms with van der Waals surface area (Å²) in [5, 5.41) is 1.65. The molecular weight excluding hydrogens is 190 g/mol. The molecule has 0 N–H and O–H groups in total. The van der Waals surface area contributed by atoms with Crippen LogP contribution >= 0.6 is 0 Å². The molecule has 1 aliphatic heterocycles. The lowest BCUT2D eigenvalue weighted by atomic mass is 9.88. The normalized spacial score (nSPS) is 39.7. The first kappa shape index (κ1) is 9.64. The fourth-order valence-corrected chi connectivity index (χ4v) is 3.50. The fourth-order valence-electron chi connectivity index (χ4n) is 3.50. The second kappa shape index (κ2) is 3.78. The molecule has 2 bridgehead atoms. The Hall–Kier alpha value is -0.570. The van der Waals surface area contributed by atoms with Crippen molar-refractivity contribution in [2.24, 2.45) is 17.8 Å². The van der Waals surface area contributed by atoms with E-state index in [4.69, 9.17) is 4.84 Å². The molecule has 0 spiro atoms. The molecule has 0 aromatic heterocycles. The fraction of sp³-hybridized carbons (Fsp3) is 0.917. The Morgan fingerprint density at radius 3 is 2.73 bits per heavy atom. The summed E-state index contributed by atoms with van der Waals surface area (Å²) < 4.78 is 0. The van der Waals surface area contributed by atoms with Crippen LogP contribution in [-0.2, 0) is 9.63 Å². The van der Waals surface area contributed by atoms with Gasteiger partial charge in [0.25, 0.3) is 0 Å². The average molecular weight is 209 g/mol. The van der Waals surface area contributed by atoms with Gasteiger partial charge in [0.05, 0.1) is 6.61 Å². The summed E-state index contributed by atoms with van der Waals surface area (Å²) in [6, 6.07) is 0. The van der Waals surface area contributed by atoms with Gasteiger partial charge in [-0.1, -0.05) is 6.42 Å². The van der Waals surface area contributed by atoms with Gasteiger partial charge in [-0.05, 0) is 43.9 Å². The smallest absolute Gasteiger partial charge is 0.249 e. The van der Waals surface area contributed by atoms with E-state index in [1.807, 2.05) is 0 Å². The Balaban J connectivity index is 1.64. The Morgan fingerprint density at radius 2 is 2.13 bits per heavy atom. The monoisotopic (exact) mass is 209 g/mol. The molecule has 3 fully saturated rings. The van der Waals surface area contributed by atoms with Gasteiger partial charge in [0.1, 0.15) is 0 Å². The molecule has 3 nitrogen and oxygen atoms in total. The maximum Gasteiger partial charge on any atom is 0.249 e. The molecule has 3 atom stereocenters. The van der Waals surface area contributed by atoms with Crippen LogP contribution in [0.3, 0.4) is 0 Å². The third-order valence-corrected chi connectivity index (χ3v) is 4.30. The van der Waals surface area contributed by atoms with E-state index >= 15 is 0 Å². The highest BCUT2D eigenvalue weighted by Gasteiger charge is 2.44. The number of hydrogen-bond donors (Lipinski definition) is 0. The van der Waals surface area contributed by atoms with Crippen molar-refractivity contribution < 1.29 is 9.63 Å². The van der Waals surface area contributed by atoms with E-state index in [9.17, 15) is 4.79 Å². The van der Waals surface area contributed by atoms with E-state index in [0.29, 0.717) is 11.8 Å². The van der Waals surface area contributed by atoms with E-state index in [1.54, 1.807) is 5.06 Å². The second-order valence-electron chi connectivity index (χ2n) is 5.26. The number of carbonyl (C=O) groups excluding carboxylic acids is 1. The van der Waals surface area contributed by atoms with Crippen molar-refractivity contribution in [3.8, 4) is 0 Å². The number of carbonyl (C=O) groups is 1. The van der Waals surface area contributed by atoms with Gasteiger partial charge in [0.2, 0.25) is 5.91 Å². The van der Waals surface area contributed by atoms with E-state index in [0.717, 1.165) is 38.3 Å². The van der Waals surface area contributed by atoms with Gasteiger partial charge in [-0.25, -0.2) is 5.06 Å². The molecule has 3 aliphatic rings. The van der Waals surface area contributed by atoms with Crippen LogP contribution in [0.4, 0.5) is 0 Å². The van der Waals surface area contributed by atoms with Crippen LogP contribution in [-0.4, -0.2) is 24.1 Å². The molecule has 2 saturated carbocycles. The number of nitrogens with zero attached hydrogens (tertiary/aromatic N) is 1. The van der Waals surface area contributed by atoms with Gasteiger partial charge in [-0.2, -0.15) is 0 Å². The third kappa shape index (κ3) is 1.67. The lowest BCUT2D eigenvalue weighted by Gasteiger charge is -2.31. The molecule has 0 aromatic carbocycles. The lowest BCUT2D eigenvalue weighted by Crippen LogP contribution is -2.41. The SMILES string of the molecule is O=C(C1CC2CCC1C2)N1CCCCO1. The highest BCUT2D eigenvalue weighted by Crippen LogP contribution is 2.48. The van der Waals surface area contributed by atoms with E-state index in [-0.39, 0.29) is 5.91 Å². The van der Waals surface area contributed by atoms with Crippen molar-refractivity contribution in [1.82, 2.24) is 5.06 Å². The molecule has 1 amide bonds. The Bertz CT molecular complexity index is 260. The number of fused-ring (bicyclic) bond motifs is 2. The summed E-state index contributed by atoms with van der Waals surface area (Å²) in [6.07, 6.45) is 7.25. The zero-order chi connectivity index (χ0) is 10.3. The number of hydroxylamine groups is 2. The first-order chi connectivity index (χ1) is 7.34. The molecule has 1 heterocycles. The first-order valence-electron chi connectivity index (χ1n) is 6.29. The predicted octanol–water partition coefficient (Wildman–Crippen LogP) is 1.98. The minimum Gasteiger partial charge on any atom is -0.272 e. The maximum atomic E-state index is 12.2. The quantitative estimate of drug-likeness (QED) is 0.661. The molecule has 0 aromatic rings. The zero-order valence-corrected chi connectivity index (χ0v) is 9.15. The standard InChI is InChI=1S/C12H19NO2/c14-12(13-5-1-2-6-15-13)11-8-9-3-4-10(11)7-9/h9-11H,1-8H2. The Labute approximate surface area is 90.7 Å². The summed E-state index contributed by atoms with van der Waals surface area (Å²) in [5.74, 6) is 2.09. The molecule has 84 valence electrons. The van der Waals surface area contributed by atoms with Gasteiger partial charge < -0.3 is 0 Å².